The van der Waals surface area contributed by atoms with Crippen molar-refractivity contribution < 1.29 is 9.53 Å². The second kappa shape index (κ2) is 9.54. The van der Waals surface area contributed by atoms with Crippen LogP contribution < -0.4 is 4.74 Å². The molecule has 0 unspecified atom stereocenters. The van der Waals surface area contributed by atoms with E-state index in [2.05, 4.69) is 6.92 Å². The standard InChI is InChI=1S/C17H27NO2/c1-4-5-6-7-13-20-16-10-8-9-15(14-16)17(19)11-12-18(2)3/h8-10,14H,4-7,11-13H2,1-3H3. The lowest BCUT2D eigenvalue weighted by Gasteiger charge is -2.10. The van der Waals surface area contributed by atoms with Crippen LogP contribution in [-0.2, 0) is 0 Å². The Morgan fingerprint density at radius 3 is 2.70 bits per heavy atom. The molecule has 1 aromatic rings. The van der Waals surface area contributed by atoms with Crippen LogP contribution in [0.4, 0.5) is 0 Å². The summed E-state index contributed by atoms with van der Waals surface area (Å²) in [5.74, 6) is 0.979. The minimum atomic E-state index is 0.176. The Labute approximate surface area is 122 Å². The number of Topliss-reactive ketones (excluding diaryl/α,β-unsaturated/α-hetero) is 1. The van der Waals surface area contributed by atoms with Gasteiger partial charge >= 0.3 is 0 Å². The van der Waals surface area contributed by atoms with Crippen LogP contribution in [0, 0.1) is 0 Å². The molecule has 0 radical (unpaired) electrons. The normalized spacial score (nSPS) is 10.8. The van der Waals surface area contributed by atoms with E-state index in [1.54, 1.807) is 0 Å². The minimum absolute atomic E-state index is 0.176. The van der Waals surface area contributed by atoms with Crippen LogP contribution in [0.2, 0.25) is 0 Å². The van der Waals surface area contributed by atoms with Gasteiger partial charge in [-0.3, -0.25) is 4.79 Å². The van der Waals surface area contributed by atoms with Gasteiger partial charge in [0.2, 0.25) is 0 Å². The summed E-state index contributed by atoms with van der Waals surface area (Å²) in [7, 11) is 3.95. The van der Waals surface area contributed by atoms with Gasteiger partial charge in [0, 0.05) is 18.5 Å². The lowest BCUT2D eigenvalue weighted by atomic mass is 10.1. The maximum absolute atomic E-state index is 12.0. The van der Waals surface area contributed by atoms with E-state index < -0.39 is 0 Å². The molecular weight excluding hydrogens is 250 g/mol. The van der Waals surface area contributed by atoms with Crippen LogP contribution in [-0.4, -0.2) is 37.9 Å². The van der Waals surface area contributed by atoms with E-state index in [9.17, 15) is 4.79 Å². The molecule has 0 heterocycles. The first-order chi connectivity index (χ1) is 9.63. The molecule has 0 saturated carbocycles. The minimum Gasteiger partial charge on any atom is -0.494 e. The average molecular weight is 277 g/mol. The van der Waals surface area contributed by atoms with Crippen LogP contribution in [0.1, 0.15) is 49.4 Å². The van der Waals surface area contributed by atoms with Crippen LogP contribution in [0.3, 0.4) is 0 Å². The van der Waals surface area contributed by atoms with Crippen molar-refractivity contribution in [3.63, 3.8) is 0 Å². The predicted octanol–water partition coefficient (Wildman–Crippen LogP) is 3.78. The molecule has 112 valence electrons. The molecule has 0 fully saturated rings. The summed E-state index contributed by atoms with van der Waals surface area (Å²) in [6.07, 6.45) is 5.32. The highest BCUT2D eigenvalue weighted by atomic mass is 16.5. The number of unbranched alkanes of at least 4 members (excludes halogenated alkanes) is 3. The summed E-state index contributed by atoms with van der Waals surface area (Å²) in [4.78, 5) is 14.1. The van der Waals surface area contributed by atoms with E-state index in [1.807, 2.05) is 43.3 Å². The highest BCUT2D eigenvalue weighted by Gasteiger charge is 2.07. The molecule has 0 aliphatic carbocycles. The lowest BCUT2D eigenvalue weighted by Crippen LogP contribution is -2.16. The average Bonchev–Trinajstić information content (AvgIpc) is 2.45. The monoisotopic (exact) mass is 277 g/mol. The summed E-state index contributed by atoms with van der Waals surface area (Å²) in [5, 5.41) is 0. The van der Waals surface area contributed by atoms with Crippen LogP contribution >= 0.6 is 0 Å². The highest BCUT2D eigenvalue weighted by Crippen LogP contribution is 2.15. The number of ketones is 1. The SMILES string of the molecule is CCCCCCOc1cccc(C(=O)CCN(C)C)c1. The van der Waals surface area contributed by atoms with Gasteiger partial charge in [-0.05, 0) is 32.6 Å². The van der Waals surface area contributed by atoms with E-state index in [0.717, 1.165) is 30.9 Å². The van der Waals surface area contributed by atoms with Gasteiger partial charge in [-0.15, -0.1) is 0 Å². The fourth-order valence-corrected chi connectivity index (χ4v) is 1.95. The number of hydrogen-bond donors (Lipinski definition) is 0. The molecule has 1 aromatic carbocycles. The van der Waals surface area contributed by atoms with Gasteiger partial charge in [-0.25, -0.2) is 0 Å². The number of carbonyl (C=O) groups is 1. The molecule has 0 aliphatic heterocycles. The zero-order chi connectivity index (χ0) is 14.8. The molecule has 0 saturated heterocycles. The number of hydrogen-bond acceptors (Lipinski definition) is 3. The van der Waals surface area contributed by atoms with Gasteiger partial charge < -0.3 is 9.64 Å². The zero-order valence-electron chi connectivity index (χ0n) is 13.0. The van der Waals surface area contributed by atoms with Gasteiger partial charge in [0.25, 0.3) is 0 Å². The second-order valence-electron chi connectivity index (χ2n) is 5.41. The summed E-state index contributed by atoms with van der Waals surface area (Å²) in [6, 6.07) is 7.53. The molecule has 20 heavy (non-hydrogen) atoms. The first kappa shape index (κ1) is 16.7. The van der Waals surface area contributed by atoms with E-state index in [-0.39, 0.29) is 5.78 Å². The van der Waals surface area contributed by atoms with Crippen molar-refractivity contribution in [1.82, 2.24) is 4.90 Å². The Hall–Kier alpha value is -1.35. The van der Waals surface area contributed by atoms with Gasteiger partial charge in [0.05, 0.1) is 6.61 Å². The molecule has 3 heteroatoms. The third-order valence-corrected chi connectivity index (χ3v) is 3.21. The van der Waals surface area contributed by atoms with Gasteiger partial charge in [-0.2, -0.15) is 0 Å². The molecule has 0 N–H and O–H groups in total. The van der Waals surface area contributed by atoms with Crippen molar-refractivity contribution in [3.05, 3.63) is 29.8 Å². The molecule has 0 bridgehead atoms. The topological polar surface area (TPSA) is 29.5 Å². The Bertz CT molecular complexity index is 402. The van der Waals surface area contributed by atoms with E-state index in [0.29, 0.717) is 6.42 Å². The van der Waals surface area contributed by atoms with Crippen molar-refractivity contribution in [2.45, 2.75) is 39.0 Å². The van der Waals surface area contributed by atoms with Gasteiger partial charge in [-0.1, -0.05) is 38.3 Å². The number of ether oxygens (including phenoxy) is 1. The third-order valence-electron chi connectivity index (χ3n) is 3.21. The van der Waals surface area contributed by atoms with Crippen LogP contribution in [0.25, 0.3) is 0 Å². The maximum atomic E-state index is 12.0. The molecular formula is C17H27NO2. The first-order valence-electron chi connectivity index (χ1n) is 7.54. The molecule has 0 amide bonds. The Kier molecular flexibility index (Phi) is 7.97. The molecule has 3 nitrogen and oxygen atoms in total. The fraction of sp³-hybridized carbons (Fsp3) is 0.588. The summed E-state index contributed by atoms with van der Waals surface area (Å²) >= 11 is 0. The van der Waals surface area contributed by atoms with Crippen molar-refractivity contribution >= 4 is 5.78 Å². The first-order valence-corrected chi connectivity index (χ1v) is 7.54. The fourth-order valence-electron chi connectivity index (χ4n) is 1.95. The molecule has 0 aromatic heterocycles. The largest absolute Gasteiger partial charge is 0.494 e. The third kappa shape index (κ3) is 6.71. The molecule has 0 spiro atoms. The summed E-state index contributed by atoms with van der Waals surface area (Å²) in [5.41, 5.74) is 0.748. The van der Waals surface area contributed by atoms with E-state index >= 15 is 0 Å². The van der Waals surface area contributed by atoms with Crippen molar-refractivity contribution in [1.29, 1.82) is 0 Å². The lowest BCUT2D eigenvalue weighted by molar-refractivity contribution is 0.0972. The van der Waals surface area contributed by atoms with Crippen molar-refractivity contribution in [3.8, 4) is 5.75 Å². The highest BCUT2D eigenvalue weighted by molar-refractivity contribution is 5.96. The Balaban J connectivity index is 2.42. The smallest absolute Gasteiger partial charge is 0.164 e. The predicted molar refractivity (Wildman–Crippen MR) is 83.6 cm³/mol. The van der Waals surface area contributed by atoms with Crippen molar-refractivity contribution in [2.75, 3.05) is 27.2 Å². The molecule has 0 atom stereocenters. The Morgan fingerprint density at radius 2 is 2.00 bits per heavy atom. The second-order valence-corrected chi connectivity index (χ2v) is 5.41. The van der Waals surface area contributed by atoms with E-state index in [1.165, 1.54) is 19.3 Å². The number of nitrogens with zero attached hydrogens (tertiary/aromatic N) is 1. The molecule has 0 aliphatic rings. The summed E-state index contributed by atoms with van der Waals surface area (Å²) < 4.78 is 5.71. The van der Waals surface area contributed by atoms with Gasteiger partial charge in [0.1, 0.15) is 5.75 Å². The number of benzene rings is 1. The maximum Gasteiger partial charge on any atom is 0.164 e. The number of carbonyl (C=O) groups excluding carboxylic acids is 1. The quantitative estimate of drug-likeness (QED) is 0.481. The van der Waals surface area contributed by atoms with Gasteiger partial charge in [0.15, 0.2) is 5.78 Å². The van der Waals surface area contributed by atoms with Crippen LogP contribution in [0.5, 0.6) is 5.75 Å². The summed E-state index contributed by atoms with van der Waals surface area (Å²) in [6.45, 7) is 3.71. The van der Waals surface area contributed by atoms with Crippen LogP contribution in [0.15, 0.2) is 24.3 Å². The Morgan fingerprint density at radius 1 is 1.20 bits per heavy atom. The number of rotatable bonds is 10. The van der Waals surface area contributed by atoms with Crippen molar-refractivity contribution in [2.24, 2.45) is 0 Å². The zero-order valence-corrected chi connectivity index (χ0v) is 13.0. The van der Waals surface area contributed by atoms with E-state index in [4.69, 9.17) is 4.74 Å². The molecule has 1 rings (SSSR count).